The first-order valence-electron chi connectivity index (χ1n) is 10.1. The molecule has 0 spiro atoms. The number of carbonyl (C=O) groups is 1. The maximum absolute atomic E-state index is 13.0. The van der Waals surface area contributed by atoms with E-state index in [1.165, 1.54) is 6.07 Å². The third kappa shape index (κ3) is 4.34. The Balaban J connectivity index is 1.48. The van der Waals surface area contributed by atoms with Crippen molar-refractivity contribution in [2.75, 3.05) is 49.1 Å². The Labute approximate surface area is 173 Å². The van der Waals surface area contributed by atoms with Crippen LogP contribution in [-0.2, 0) is 0 Å². The molecule has 2 aromatic rings. The van der Waals surface area contributed by atoms with E-state index in [0.29, 0.717) is 37.4 Å². The van der Waals surface area contributed by atoms with Gasteiger partial charge in [0, 0.05) is 62.5 Å². The van der Waals surface area contributed by atoms with Crippen LogP contribution in [0.5, 0.6) is 0 Å². The zero-order valence-electron chi connectivity index (χ0n) is 16.3. The lowest BCUT2D eigenvalue weighted by molar-refractivity contribution is -0.384. The van der Waals surface area contributed by atoms with E-state index >= 15 is 0 Å². The van der Waals surface area contributed by atoms with Crippen LogP contribution in [0.25, 0.3) is 0 Å². The van der Waals surface area contributed by atoms with Crippen LogP contribution in [0.15, 0.2) is 29.8 Å². The average molecular weight is 416 g/mol. The van der Waals surface area contributed by atoms with E-state index in [4.69, 9.17) is 0 Å². The van der Waals surface area contributed by atoms with Crippen molar-refractivity contribution in [1.82, 2.24) is 9.88 Å². The van der Waals surface area contributed by atoms with E-state index in [1.54, 1.807) is 34.6 Å². The molecule has 2 fully saturated rings. The zero-order valence-corrected chi connectivity index (χ0v) is 17.1. The van der Waals surface area contributed by atoms with Gasteiger partial charge in [-0.3, -0.25) is 14.9 Å². The number of rotatable bonds is 4. The van der Waals surface area contributed by atoms with Gasteiger partial charge in [0.05, 0.1) is 4.92 Å². The van der Waals surface area contributed by atoms with E-state index in [9.17, 15) is 14.9 Å². The number of hydrogen-bond acceptors (Lipinski definition) is 7. The summed E-state index contributed by atoms with van der Waals surface area (Å²) in [6.45, 7) is 4.25. The number of piperazine rings is 1. The van der Waals surface area contributed by atoms with Gasteiger partial charge < -0.3 is 14.7 Å². The largest absolute Gasteiger partial charge is 0.366 e. The number of hydrogen-bond donors (Lipinski definition) is 0. The first-order valence-corrected chi connectivity index (χ1v) is 11.0. The molecule has 0 saturated carbocycles. The lowest BCUT2D eigenvalue weighted by Crippen LogP contribution is -2.48. The van der Waals surface area contributed by atoms with Gasteiger partial charge in [-0.25, -0.2) is 4.98 Å². The fourth-order valence-corrected chi connectivity index (χ4v) is 4.73. The van der Waals surface area contributed by atoms with E-state index in [2.05, 4.69) is 14.8 Å². The van der Waals surface area contributed by atoms with Gasteiger partial charge in [-0.2, -0.15) is 0 Å². The van der Waals surface area contributed by atoms with Gasteiger partial charge in [0.25, 0.3) is 11.6 Å². The Morgan fingerprint density at radius 3 is 2.34 bits per heavy atom. The molecule has 8 nitrogen and oxygen atoms in total. The van der Waals surface area contributed by atoms with Crippen LogP contribution in [0.3, 0.4) is 0 Å². The second-order valence-electron chi connectivity index (χ2n) is 7.46. The van der Waals surface area contributed by atoms with Crippen molar-refractivity contribution in [1.29, 1.82) is 0 Å². The highest BCUT2D eigenvalue weighted by atomic mass is 32.1. The molecule has 4 rings (SSSR count). The summed E-state index contributed by atoms with van der Waals surface area (Å²) in [6.07, 6.45) is 6.19. The van der Waals surface area contributed by atoms with E-state index in [0.717, 1.165) is 43.9 Å². The second kappa shape index (κ2) is 8.77. The molecule has 3 heterocycles. The van der Waals surface area contributed by atoms with Gasteiger partial charge in [0.15, 0.2) is 5.13 Å². The summed E-state index contributed by atoms with van der Waals surface area (Å²) < 4.78 is 0. The van der Waals surface area contributed by atoms with Crippen LogP contribution < -0.4 is 9.80 Å². The molecule has 0 unspecified atom stereocenters. The molecule has 0 N–H and O–H groups in total. The van der Waals surface area contributed by atoms with Crippen molar-refractivity contribution in [3.8, 4) is 0 Å². The first kappa shape index (κ1) is 19.6. The summed E-state index contributed by atoms with van der Waals surface area (Å²) in [5.41, 5.74) is 1.04. The summed E-state index contributed by atoms with van der Waals surface area (Å²) in [7, 11) is 0. The van der Waals surface area contributed by atoms with Crippen LogP contribution in [0, 0.1) is 10.1 Å². The highest BCUT2D eigenvalue weighted by Crippen LogP contribution is 2.31. The topological polar surface area (TPSA) is 82.8 Å². The molecule has 0 aliphatic carbocycles. The van der Waals surface area contributed by atoms with Crippen LogP contribution in [0.2, 0.25) is 0 Å². The summed E-state index contributed by atoms with van der Waals surface area (Å²) in [5.74, 6) is -0.144. The molecule has 2 aliphatic heterocycles. The number of nitro benzene ring substituents is 1. The number of carbonyl (C=O) groups excluding carboxylic acids is 1. The summed E-state index contributed by atoms with van der Waals surface area (Å²) in [4.78, 5) is 34.7. The van der Waals surface area contributed by atoms with Crippen molar-refractivity contribution in [2.24, 2.45) is 0 Å². The molecule has 0 bridgehead atoms. The third-order valence-electron chi connectivity index (χ3n) is 5.62. The number of anilines is 2. The highest BCUT2D eigenvalue weighted by Gasteiger charge is 2.27. The molecule has 1 aromatic carbocycles. The maximum atomic E-state index is 13.0. The third-order valence-corrected chi connectivity index (χ3v) is 6.45. The maximum Gasteiger partial charge on any atom is 0.293 e. The van der Waals surface area contributed by atoms with Crippen molar-refractivity contribution in [3.05, 3.63) is 45.5 Å². The molecular formula is C20H25N5O3S. The fourth-order valence-electron chi connectivity index (χ4n) is 4.04. The molecule has 0 radical (unpaired) electrons. The number of benzene rings is 1. The molecule has 0 atom stereocenters. The van der Waals surface area contributed by atoms with Crippen LogP contribution in [0.4, 0.5) is 16.5 Å². The molecule has 1 aromatic heterocycles. The van der Waals surface area contributed by atoms with E-state index in [1.807, 2.05) is 5.38 Å². The predicted octanol–water partition coefficient (Wildman–Crippen LogP) is 3.39. The lowest BCUT2D eigenvalue weighted by atomic mass is 10.1. The quantitative estimate of drug-likeness (QED) is 0.562. The van der Waals surface area contributed by atoms with Gasteiger partial charge >= 0.3 is 0 Å². The second-order valence-corrected chi connectivity index (χ2v) is 8.33. The summed E-state index contributed by atoms with van der Waals surface area (Å²) in [6, 6.07) is 4.95. The minimum absolute atomic E-state index is 0.0270. The SMILES string of the molecule is O=C(c1ccc(N2CCCCCC2)c([N+](=O)[O-])c1)N1CCN(c2nccs2)CC1. The normalized spacial score (nSPS) is 17.9. The van der Waals surface area contributed by atoms with Crippen molar-refractivity contribution >= 4 is 33.8 Å². The van der Waals surface area contributed by atoms with Crippen molar-refractivity contribution in [2.45, 2.75) is 25.7 Å². The zero-order chi connectivity index (χ0) is 20.2. The van der Waals surface area contributed by atoms with Gasteiger partial charge in [0.2, 0.25) is 0 Å². The molecule has 2 saturated heterocycles. The lowest BCUT2D eigenvalue weighted by Gasteiger charge is -2.34. The minimum atomic E-state index is -0.364. The Hall–Kier alpha value is -2.68. The van der Waals surface area contributed by atoms with Crippen molar-refractivity contribution in [3.63, 3.8) is 0 Å². The van der Waals surface area contributed by atoms with E-state index in [-0.39, 0.29) is 16.5 Å². The molecule has 29 heavy (non-hydrogen) atoms. The van der Waals surface area contributed by atoms with Crippen LogP contribution in [-0.4, -0.2) is 60.0 Å². The highest BCUT2D eigenvalue weighted by molar-refractivity contribution is 7.13. The molecule has 2 aliphatic rings. The number of nitrogens with zero attached hydrogens (tertiary/aromatic N) is 5. The summed E-state index contributed by atoms with van der Waals surface area (Å²) >= 11 is 1.59. The monoisotopic (exact) mass is 415 g/mol. The molecule has 1 amide bonds. The van der Waals surface area contributed by atoms with Gasteiger partial charge in [-0.15, -0.1) is 11.3 Å². The molecule has 9 heteroatoms. The minimum Gasteiger partial charge on any atom is -0.366 e. The number of thiazole rings is 1. The molecule has 154 valence electrons. The van der Waals surface area contributed by atoms with Crippen molar-refractivity contribution < 1.29 is 9.72 Å². The fraction of sp³-hybridized carbons (Fsp3) is 0.500. The number of amides is 1. The molecular weight excluding hydrogens is 390 g/mol. The summed E-state index contributed by atoms with van der Waals surface area (Å²) in [5, 5.41) is 14.6. The Bertz CT molecular complexity index is 857. The van der Waals surface area contributed by atoms with Gasteiger partial charge in [-0.1, -0.05) is 12.8 Å². The predicted molar refractivity (Wildman–Crippen MR) is 114 cm³/mol. The van der Waals surface area contributed by atoms with Crippen LogP contribution in [0.1, 0.15) is 36.0 Å². The number of aromatic nitrogens is 1. The Kier molecular flexibility index (Phi) is 5.94. The van der Waals surface area contributed by atoms with Crippen LogP contribution >= 0.6 is 11.3 Å². The Morgan fingerprint density at radius 1 is 1.00 bits per heavy atom. The van der Waals surface area contributed by atoms with Gasteiger partial charge in [0.1, 0.15) is 5.69 Å². The van der Waals surface area contributed by atoms with Gasteiger partial charge in [-0.05, 0) is 25.0 Å². The smallest absolute Gasteiger partial charge is 0.293 e. The Morgan fingerprint density at radius 2 is 1.72 bits per heavy atom. The number of nitro groups is 1. The first-order chi connectivity index (χ1) is 14.1. The average Bonchev–Trinajstić information content (AvgIpc) is 3.15. The van der Waals surface area contributed by atoms with E-state index < -0.39 is 0 Å². The standard InChI is InChI=1S/C20H25N5O3S/c26-19(23-10-12-24(13-11-23)20-21-7-14-29-20)16-5-6-17(18(15-16)25(27)28)22-8-3-1-2-4-9-22/h5-7,14-15H,1-4,8-13H2.